The third kappa shape index (κ3) is 4.18. The van der Waals surface area contributed by atoms with Crippen molar-refractivity contribution < 1.29 is 14.3 Å². The number of methoxy groups -OCH3 is 1. The number of nitrogens with one attached hydrogen (secondary N) is 1. The molecule has 2 amide bonds. The molecule has 0 aromatic heterocycles. The Labute approximate surface area is 189 Å². The molecule has 0 unspecified atom stereocenters. The summed E-state index contributed by atoms with van der Waals surface area (Å²) in [5.74, 6) is 0.912. The summed E-state index contributed by atoms with van der Waals surface area (Å²) in [6.45, 7) is 3.93. The molecule has 0 aliphatic carbocycles. The number of halogens is 1. The first kappa shape index (κ1) is 21.4. The number of hydrogen-bond donors (Lipinski definition) is 1. The van der Waals surface area contributed by atoms with Crippen LogP contribution in [0.25, 0.3) is 0 Å². The van der Waals surface area contributed by atoms with E-state index >= 15 is 0 Å². The van der Waals surface area contributed by atoms with Gasteiger partial charge in [0.05, 0.1) is 23.6 Å². The summed E-state index contributed by atoms with van der Waals surface area (Å²) in [7, 11) is 1.53. The van der Waals surface area contributed by atoms with E-state index in [-0.39, 0.29) is 23.5 Å². The first-order valence-electron chi connectivity index (χ1n) is 9.75. The number of thioether (sulfide) groups is 1. The minimum Gasteiger partial charge on any atom is -0.495 e. The molecule has 160 valence electrons. The molecule has 0 bridgehead atoms. The van der Waals surface area contributed by atoms with Crippen molar-refractivity contribution in [2.24, 2.45) is 15.9 Å². The maximum atomic E-state index is 13.0. The van der Waals surface area contributed by atoms with E-state index < -0.39 is 6.04 Å². The zero-order valence-corrected chi connectivity index (χ0v) is 18.8. The lowest BCUT2D eigenvalue weighted by Gasteiger charge is -2.25. The van der Waals surface area contributed by atoms with E-state index in [4.69, 9.17) is 16.3 Å². The molecular formula is C22H21ClN4O3S. The Morgan fingerprint density at radius 2 is 2.06 bits per heavy atom. The Balaban J connectivity index is 1.52. The molecule has 31 heavy (non-hydrogen) atoms. The van der Waals surface area contributed by atoms with Crippen LogP contribution in [0, 0.1) is 5.92 Å². The summed E-state index contributed by atoms with van der Waals surface area (Å²) in [6.07, 6.45) is 0. The number of ether oxygens (including phenoxy) is 1. The van der Waals surface area contributed by atoms with E-state index in [9.17, 15) is 9.59 Å². The van der Waals surface area contributed by atoms with Gasteiger partial charge >= 0.3 is 0 Å². The second-order valence-electron chi connectivity index (χ2n) is 7.41. The highest BCUT2D eigenvalue weighted by atomic mass is 35.5. The molecule has 1 N–H and O–H groups in total. The molecule has 4 rings (SSSR count). The second-order valence-corrected chi connectivity index (χ2v) is 8.76. The van der Waals surface area contributed by atoms with Gasteiger partial charge in [-0.25, -0.2) is 9.89 Å². The van der Waals surface area contributed by atoms with Crippen LogP contribution in [0.4, 0.5) is 11.4 Å². The monoisotopic (exact) mass is 456 g/mol. The smallest absolute Gasteiger partial charge is 0.259 e. The van der Waals surface area contributed by atoms with Crippen molar-refractivity contribution in [2.75, 3.05) is 18.2 Å². The number of nitrogens with zero attached hydrogens (tertiary/aromatic N) is 3. The van der Waals surface area contributed by atoms with Crippen LogP contribution in [0.3, 0.4) is 0 Å². The molecule has 0 saturated carbocycles. The molecule has 2 aromatic carbocycles. The molecule has 2 heterocycles. The number of para-hydroxylation sites is 1. The number of fused-ring (bicyclic) bond motifs is 3. The lowest BCUT2D eigenvalue weighted by Crippen LogP contribution is -2.42. The fraction of sp³-hybridized carbons (Fsp3) is 0.273. The molecule has 7 nitrogen and oxygen atoms in total. The van der Waals surface area contributed by atoms with Gasteiger partial charge in [-0.2, -0.15) is 0 Å². The predicted molar refractivity (Wildman–Crippen MR) is 125 cm³/mol. The topological polar surface area (TPSA) is 83.4 Å². The van der Waals surface area contributed by atoms with Crippen LogP contribution in [-0.4, -0.2) is 46.6 Å². The van der Waals surface area contributed by atoms with E-state index in [0.29, 0.717) is 27.5 Å². The highest BCUT2D eigenvalue weighted by molar-refractivity contribution is 8.14. The number of carbonyl (C=O) groups excluding carboxylic acids is 2. The Morgan fingerprint density at radius 3 is 2.77 bits per heavy atom. The Morgan fingerprint density at radius 1 is 1.29 bits per heavy atom. The van der Waals surface area contributed by atoms with Crippen LogP contribution in [0.1, 0.15) is 19.4 Å². The number of carbonyl (C=O) groups is 2. The Bertz CT molecular complexity index is 1120. The number of hydrogen-bond acceptors (Lipinski definition) is 6. The summed E-state index contributed by atoms with van der Waals surface area (Å²) in [4.78, 5) is 36.4. The minimum atomic E-state index is -0.456. The highest BCUT2D eigenvalue weighted by Gasteiger charge is 2.42. The average molecular weight is 457 g/mol. The van der Waals surface area contributed by atoms with E-state index in [2.05, 4.69) is 15.3 Å². The van der Waals surface area contributed by atoms with Gasteiger partial charge in [0.1, 0.15) is 17.6 Å². The minimum absolute atomic E-state index is 0.0622. The Hall–Kier alpha value is -2.84. The second kappa shape index (κ2) is 8.72. The van der Waals surface area contributed by atoms with Crippen LogP contribution in [0.15, 0.2) is 52.4 Å². The lowest BCUT2D eigenvalue weighted by molar-refractivity contribution is -0.125. The molecule has 0 saturated heterocycles. The van der Waals surface area contributed by atoms with E-state index in [1.807, 2.05) is 38.1 Å². The van der Waals surface area contributed by atoms with Crippen molar-refractivity contribution in [3.63, 3.8) is 0 Å². The van der Waals surface area contributed by atoms with Gasteiger partial charge in [-0.05, 0) is 36.2 Å². The largest absolute Gasteiger partial charge is 0.495 e. The molecule has 2 aliphatic rings. The van der Waals surface area contributed by atoms with Gasteiger partial charge in [-0.1, -0.05) is 49.3 Å². The summed E-state index contributed by atoms with van der Waals surface area (Å²) in [5.41, 5.74) is 2.12. The summed E-state index contributed by atoms with van der Waals surface area (Å²) in [6, 6.07) is 12.1. The van der Waals surface area contributed by atoms with Crippen LogP contribution in [-0.2, 0) is 9.59 Å². The lowest BCUT2D eigenvalue weighted by atomic mass is 10.1. The zero-order chi connectivity index (χ0) is 22.1. The molecule has 9 heteroatoms. The van der Waals surface area contributed by atoms with Gasteiger partial charge < -0.3 is 10.1 Å². The van der Waals surface area contributed by atoms with E-state index in [0.717, 1.165) is 11.3 Å². The number of anilines is 1. The van der Waals surface area contributed by atoms with Gasteiger partial charge in [0, 0.05) is 11.3 Å². The van der Waals surface area contributed by atoms with Gasteiger partial charge in [0.25, 0.3) is 5.91 Å². The van der Waals surface area contributed by atoms with Crippen molar-refractivity contribution in [1.29, 1.82) is 0 Å². The number of amidine groups is 2. The van der Waals surface area contributed by atoms with Gasteiger partial charge in [0.2, 0.25) is 5.91 Å². The van der Waals surface area contributed by atoms with Crippen LogP contribution >= 0.6 is 23.4 Å². The molecule has 1 atom stereocenters. The predicted octanol–water partition coefficient (Wildman–Crippen LogP) is 4.34. The normalized spacial score (nSPS) is 17.1. The number of rotatable bonds is 5. The van der Waals surface area contributed by atoms with Gasteiger partial charge in [-0.15, -0.1) is 0 Å². The molecule has 0 fully saturated rings. The number of amides is 2. The van der Waals surface area contributed by atoms with Gasteiger partial charge in [-0.3, -0.25) is 14.6 Å². The fourth-order valence-electron chi connectivity index (χ4n) is 3.37. The van der Waals surface area contributed by atoms with Gasteiger partial charge in [0.15, 0.2) is 5.17 Å². The third-order valence-corrected chi connectivity index (χ3v) is 6.13. The SMILES string of the molecule is COc1ccc(NC(=O)CSC2=Nc3ccccc3C3=N[C@H](C(C)C)C(=O)N23)cc1Cl. The van der Waals surface area contributed by atoms with Crippen molar-refractivity contribution in [3.8, 4) is 5.75 Å². The first-order valence-corrected chi connectivity index (χ1v) is 11.1. The highest BCUT2D eigenvalue weighted by Crippen LogP contribution is 2.35. The summed E-state index contributed by atoms with van der Waals surface area (Å²) in [5, 5.41) is 3.66. The average Bonchev–Trinajstić information content (AvgIpc) is 3.10. The maximum Gasteiger partial charge on any atom is 0.259 e. The summed E-state index contributed by atoms with van der Waals surface area (Å²) >= 11 is 7.32. The molecular weight excluding hydrogens is 436 g/mol. The van der Waals surface area contributed by atoms with Crippen molar-refractivity contribution >= 4 is 57.6 Å². The number of benzene rings is 2. The van der Waals surface area contributed by atoms with E-state index in [1.54, 1.807) is 18.2 Å². The van der Waals surface area contributed by atoms with Crippen LogP contribution < -0.4 is 10.1 Å². The number of aliphatic imine (C=N–C) groups is 2. The maximum absolute atomic E-state index is 13.0. The molecule has 2 aromatic rings. The quantitative estimate of drug-likeness (QED) is 0.725. The molecule has 2 aliphatic heterocycles. The first-order chi connectivity index (χ1) is 14.9. The van der Waals surface area contributed by atoms with Crippen LogP contribution in [0.2, 0.25) is 5.02 Å². The van der Waals surface area contributed by atoms with Crippen molar-refractivity contribution in [1.82, 2.24) is 4.90 Å². The van der Waals surface area contributed by atoms with Crippen molar-refractivity contribution in [3.05, 3.63) is 53.1 Å². The van der Waals surface area contributed by atoms with Crippen molar-refractivity contribution in [2.45, 2.75) is 19.9 Å². The zero-order valence-electron chi connectivity index (χ0n) is 17.3. The Kier molecular flexibility index (Phi) is 6.02. The molecule has 0 radical (unpaired) electrons. The molecule has 0 spiro atoms. The fourth-order valence-corrected chi connectivity index (χ4v) is 4.43. The third-order valence-electron chi connectivity index (χ3n) is 4.90. The van der Waals surface area contributed by atoms with E-state index in [1.165, 1.54) is 23.8 Å². The van der Waals surface area contributed by atoms with Crippen LogP contribution in [0.5, 0.6) is 5.75 Å². The summed E-state index contributed by atoms with van der Waals surface area (Å²) < 4.78 is 5.12. The standard InChI is InChI=1S/C22H21ClN4O3S/c1-12(2)19-21(29)27-20(26-19)14-6-4-5-7-16(14)25-22(27)31-11-18(28)24-13-8-9-17(30-3)15(23)10-13/h4-10,12,19H,11H2,1-3H3,(H,24,28)/t19-/m1/s1.